The molecule has 1 rings (SSSR count). The van der Waals surface area contributed by atoms with Gasteiger partial charge in [0.1, 0.15) is 0 Å². The second kappa shape index (κ2) is 9.48. The van der Waals surface area contributed by atoms with Crippen LogP contribution in [0.15, 0.2) is 4.99 Å². The highest BCUT2D eigenvalue weighted by atomic mass is 32.2. The maximum Gasteiger partial charge on any atom is 0.191 e. The number of guanidine groups is 1. The minimum atomic E-state index is 0.601. The fourth-order valence-electron chi connectivity index (χ4n) is 2.38. The molecule has 19 heavy (non-hydrogen) atoms. The molecule has 1 aliphatic rings. The van der Waals surface area contributed by atoms with E-state index in [0.717, 1.165) is 37.3 Å². The molecule has 4 nitrogen and oxygen atoms in total. The predicted molar refractivity (Wildman–Crippen MR) is 87.2 cm³/mol. The Hall–Kier alpha value is -0.420. The lowest BCUT2D eigenvalue weighted by atomic mass is 10.2. The number of thioether (sulfide) groups is 1. The molecule has 0 aromatic heterocycles. The Labute approximate surface area is 122 Å². The predicted octanol–water partition coefficient (Wildman–Crippen LogP) is 1.78. The monoisotopic (exact) mass is 286 g/mol. The zero-order valence-corrected chi connectivity index (χ0v) is 13.7. The first kappa shape index (κ1) is 16.6. The van der Waals surface area contributed by atoms with Gasteiger partial charge in [-0.25, -0.2) is 0 Å². The van der Waals surface area contributed by atoms with Crippen molar-refractivity contribution in [2.75, 3.05) is 40.0 Å². The number of hydrogen-bond acceptors (Lipinski definition) is 3. The molecule has 1 aliphatic carbocycles. The lowest BCUT2D eigenvalue weighted by Crippen LogP contribution is -2.42. The van der Waals surface area contributed by atoms with Crippen molar-refractivity contribution in [3.05, 3.63) is 0 Å². The van der Waals surface area contributed by atoms with Gasteiger partial charge in [0.15, 0.2) is 5.96 Å². The van der Waals surface area contributed by atoms with Crippen molar-refractivity contribution in [3.63, 3.8) is 0 Å². The first-order valence-electron chi connectivity index (χ1n) is 7.38. The standard InChI is InChI=1S/C14H30N4S/c1-5-15-14(16-9-6-10-18(2)3)17-12-7-8-13(11-12)19-4/h12-13H,5-11H2,1-4H3,(H2,15,16,17). The van der Waals surface area contributed by atoms with Gasteiger partial charge in [0.05, 0.1) is 0 Å². The summed E-state index contributed by atoms with van der Waals surface area (Å²) in [4.78, 5) is 6.87. The number of hydrogen-bond donors (Lipinski definition) is 2. The van der Waals surface area contributed by atoms with E-state index in [1.54, 1.807) is 0 Å². The molecule has 0 aliphatic heterocycles. The summed E-state index contributed by atoms with van der Waals surface area (Å²) in [5.41, 5.74) is 0. The fraction of sp³-hybridized carbons (Fsp3) is 0.929. The van der Waals surface area contributed by atoms with Gasteiger partial charge in [-0.1, -0.05) is 0 Å². The third-order valence-corrected chi connectivity index (χ3v) is 4.53. The summed E-state index contributed by atoms with van der Waals surface area (Å²) in [6.45, 7) is 5.04. The Balaban J connectivity index is 2.33. The molecular weight excluding hydrogens is 256 g/mol. The number of nitrogens with zero attached hydrogens (tertiary/aromatic N) is 2. The minimum Gasteiger partial charge on any atom is -0.357 e. The third-order valence-electron chi connectivity index (χ3n) is 3.44. The lowest BCUT2D eigenvalue weighted by molar-refractivity contribution is 0.403. The van der Waals surface area contributed by atoms with E-state index in [4.69, 9.17) is 0 Å². The minimum absolute atomic E-state index is 0.601. The van der Waals surface area contributed by atoms with Gasteiger partial charge in [-0.2, -0.15) is 11.8 Å². The maximum absolute atomic E-state index is 4.66. The second-order valence-electron chi connectivity index (χ2n) is 5.43. The topological polar surface area (TPSA) is 39.7 Å². The van der Waals surface area contributed by atoms with Gasteiger partial charge < -0.3 is 15.5 Å². The summed E-state index contributed by atoms with van der Waals surface area (Å²) < 4.78 is 0. The van der Waals surface area contributed by atoms with Crippen LogP contribution in [-0.2, 0) is 0 Å². The molecule has 1 saturated carbocycles. The molecule has 0 bridgehead atoms. The van der Waals surface area contributed by atoms with E-state index in [1.165, 1.54) is 19.3 Å². The second-order valence-corrected chi connectivity index (χ2v) is 6.57. The van der Waals surface area contributed by atoms with E-state index in [1.807, 2.05) is 11.8 Å². The molecule has 0 amide bonds. The highest BCUT2D eigenvalue weighted by molar-refractivity contribution is 7.99. The van der Waals surface area contributed by atoms with Crippen LogP contribution in [0.2, 0.25) is 0 Å². The van der Waals surface area contributed by atoms with Gasteiger partial charge in [0, 0.05) is 24.4 Å². The Morgan fingerprint density at radius 3 is 2.74 bits per heavy atom. The van der Waals surface area contributed by atoms with Gasteiger partial charge in [-0.15, -0.1) is 0 Å². The molecule has 112 valence electrons. The molecule has 0 saturated heterocycles. The van der Waals surface area contributed by atoms with E-state index in [2.05, 4.69) is 47.8 Å². The van der Waals surface area contributed by atoms with E-state index in [-0.39, 0.29) is 0 Å². The zero-order valence-electron chi connectivity index (χ0n) is 12.9. The smallest absolute Gasteiger partial charge is 0.191 e. The van der Waals surface area contributed by atoms with Gasteiger partial charge >= 0.3 is 0 Å². The summed E-state index contributed by atoms with van der Waals surface area (Å²) in [6, 6.07) is 0.601. The molecular formula is C14H30N4S. The highest BCUT2D eigenvalue weighted by Gasteiger charge is 2.24. The molecule has 0 aromatic rings. The Morgan fingerprint density at radius 2 is 2.16 bits per heavy atom. The zero-order chi connectivity index (χ0) is 14.1. The normalized spacial score (nSPS) is 23.9. The van der Waals surface area contributed by atoms with Crippen molar-refractivity contribution in [2.24, 2.45) is 4.99 Å². The molecule has 2 N–H and O–H groups in total. The van der Waals surface area contributed by atoms with Gasteiger partial charge in [-0.3, -0.25) is 4.99 Å². The lowest BCUT2D eigenvalue weighted by Gasteiger charge is -2.17. The molecule has 2 atom stereocenters. The van der Waals surface area contributed by atoms with Crippen LogP contribution in [0.5, 0.6) is 0 Å². The van der Waals surface area contributed by atoms with Gasteiger partial charge in [0.2, 0.25) is 0 Å². The van der Waals surface area contributed by atoms with Crippen LogP contribution in [0.25, 0.3) is 0 Å². The largest absolute Gasteiger partial charge is 0.357 e. The Bertz CT molecular complexity index is 268. The van der Waals surface area contributed by atoms with Crippen molar-refractivity contribution in [3.8, 4) is 0 Å². The number of rotatable bonds is 7. The first-order chi connectivity index (χ1) is 9.15. The average Bonchev–Trinajstić information content (AvgIpc) is 2.82. The summed E-state index contributed by atoms with van der Waals surface area (Å²) in [7, 11) is 4.21. The molecule has 0 heterocycles. The highest BCUT2D eigenvalue weighted by Crippen LogP contribution is 2.27. The molecule has 0 spiro atoms. The molecule has 0 aromatic carbocycles. The SMILES string of the molecule is CCNC(=NCCCN(C)C)NC1CCC(SC)C1. The average molecular weight is 286 g/mol. The van der Waals surface area contributed by atoms with Crippen LogP contribution in [-0.4, -0.2) is 62.1 Å². The molecule has 1 fully saturated rings. The van der Waals surface area contributed by atoms with Gasteiger partial charge in [-0.05, 0) is 59.5 Å². The van der Waals surface area contributed by atoms with Crippen molar-refractivity contribution < 1.29 is 0 Å². The van der Waals surface area contributed by atoms with E-state index in [0.29, 0.717) is 6.04 Å². The number of nitrogens with one attached hydrogen (secondary N) is 2. The quantitative estimate of drug-likeness (QED) is 0.425. The van der Waals surface area contributed by atoms with Crippen LogP contribution in [0.1, 0.15) is 32.6 Å². The fourth-order valence-corrected chi connectivity index (χ4v) is 3.17. The Kier molecular flexibility index (Phi) is 8.30. The van der Waals surface area contributed by atoms with Crippen molar-refractivity contribution in [1.82, 2.24) is 15.5 Å². The van der Waals surface area contributed by atoms with Crippen LogP contribution in [0, 0.1) is 0 Å². The summed E-state index contributed by atoms with van der Waals surface area (Å²) >= 11 is 2.00. The molecule has 2 unspecified atom stereocenters. The van der Waals surface area contributed by atoms with Gasteiger partial charge in [0.25, 0.3) is 0 Å². The van der Waals surface area contributed by atoms with E-state index >= 15 is 0 Å². The summed E-state index contributed by atoms with van der Waals surface area (Å²) in [5, 5.41) is 7.76. The van der Waals surface area contributed by atoms with Crippen molar-refractivity contribution >= 4 is 17.7 Å². The molecule has 5 heteroatoms. The van der Waals surface area contributed by atoms with Crippen LogP contribution in [0.4, 0.5) is 0 Å². The van der Waals surface area contributed by atoms with Crippen LogP contribution < -0.4 is 10.6 Å². The number of aliphatic imine (C=N–C) groups is 1. The van der Waals surface area contributed by atoms with Crippen LogP contribution >= 0.6 is 11.8 Å². The summed E-state index contributed by atoms with van der Waals surface area (Å²) in [5.74, 6) is 0.994. The van der Waals surface area contributed by atoms with Crippen molar-refractivity contribution in [2.45, 2.75) is 43.9 Å². The van der Waals surface area contributed by atoms with Crippen LogP contribution in [0.3, 0.4) is 0 Å². The maximum atomic E-state index is 4.66. The third kappa shape index (κ3) is 7.06. The first-order valence-corrected chi connectivity index (χ1v) is 8.66. The Morgan fingerprint density at radius 1 is 1.37 bits per heavy atom. The van der Waals surface area contributed by atoms with E-state index < -0.39 is 0 Å². The molecule has 0 radical (unpaired) electrons. The van der Waals surface area contributed by atoms with Crippen molar-refractivity contribution in [1.29, 1.82) is 0 Å². The van der Waals surface area contributed by atoms with E-state index in [9.17, 15) is 0 Å². The summed E-state index contributed by atoms with van der Waals surface area (Å²) in [6.07, 6.45) is 7.20.